The Bertz CT molecular complexity index is 633. The van der Waals surface area contributed by atoms with Gasteiger partial charge in [0.25, 0.3) is 0 Å². The van der Waals surface area contributed by atoms with Crippen LogP contribution in [0.2, 0.25) is 0 Å². The van der Waals surface area contributed by atoms with E-state index < -0.39 is 17.4 Å². The maximum Gasteiger partial charge on any atom is 0.323 e. The van der Waals surface area contributed by atoms with E-state index in [1.54, 1.807) is 0 Å². The normalized spacial score (nSPS) is 28.0. The fourth-order valence-corrected chi connectivity index (χ4v) is 4.45. The van der Waals surface area contributed by atoms with Crippen molar-refractivity contribution in [3.8, 4) is 0 Å². The third-order valence-corrected chi connectivity index (χ3v) is 5.71. The van der Waals surface area contributed by atoms with Crippen molar-refractivity contribution in [1.82, 2.24) is 0 Å². The van der Waals surface area contributed by atoms with Crippen molar-refractivity contribution in [3.63, 3.8) is 0 Å². The van der Waals surface area contributed by atoms with Gasteiger partial charge in [0.05, 0.1) is 26.4 Å². The van der Waals surface area contributed by atoms with Crippen LogP contribution in [0.4, 0.5) is 0 Å². The smallest absolute Gasteiger partial charge is 0.323 e. The highest BCUT2D eigenvalue weighted by Gasteiger charge is 2.53. The molecule has 1 fully saturated rings. The number of methoxy groups -OCH3 is 2. The lowest BCUT2D eigenvalue weighted by atomic mass is 9.66. The number of carbonyl (C=O) groups excluding carboxylic acids is 2. The lowest BCUT2D eigenvalue weighted by Gasteiger charge is -2.44. The molecule has 0 spiro atoms. The second kappa shape index (κ2) is 6.27. The molecule has 0 saturated heterocycles. The molecular weight excluding hydrogens is 320 g/mol. The highest BCUT2D eigenvalue weighted by Crippen LogP contribution is 2.51. The molecule has 5 nitrogen and oxygen atoms in total. The summed E-state index contributed by atoms with van der Waals surface area (Å²) in [7, 11) is 2.65. The molecule has 2 aliphatic carbocycles. The lowest BCUT2D eigenvalue weighted by molar-refractivity contribution is -0.169. The van der Waals surface area contributed by atoms with E-state index in [1.165, 1.54) is 19.8 Å². The van der Waals surface area contributed by atoms with Gasteiger partial charge in [0.2, 0.25) is 0 Å². The second-order valence-electron chi connectivity index (χ2n) is 8.37. The molecule has 138 valence electrons. The fraction of sp³-hybridized carbons (Fsp3) is 0.700. The van der Waals surface area contributed by atoms with Gasteiger partial charge in [-0.1, -0.05) is 26.8 Å². The van der Waals surface area contributed by atoms with E-state index in [-0.39, 0.29) is 17.6 Å². The first-order chi connectivity index (χ1) is 11.7. The van der Waals surface area contributed by atoms with Crippen LogP contribution in [0, 0.1) is 10.8 Å². The molecule has 1 aliphatic heterocycles. The number of hydrogen-bond donors (Lipinski definition) is 0. The molecule has 3 aliphatic rings. The van der Waals surface area contributed by atoms with Gasteiger partial charge in [-0.15, -0.1) is 0 Å². The number of rotatable bonds is 2. The molecule has 5 heteroatoms. The van der Waals surface area contributed by atoms with Crippen LogP contribution < -0.4 is 0 Å². The van der Waals surface area contributed by atoms with Gasteiger partial charge in [0.1, 0.15) is 0 Å². The van der Waals surface area contributed by atoms with Gasteiger partial charge in [-0.25, -0.2) is 0 Å². The summed E-state index contributed by atoms with van der Waals surface area (Å²) >= 11 is 0. The summed E-state index contributed by atoms with van der Waals surface area (Å²) in [4.78, 5) is 25.1. The molecule has 0 bridgehead atoms. The highest BCUT2D eigenvalue weighted by atomic mass is 16.5. The Morgan fingerprint density at radius 2 is 1.84 bits per heavy atom. The van der Waals surface area contributed by atoms with E-state index in [9.17, 15) is 9.59 Å². The third kappa shape index (κ3) is 2.82. The van der Waals surface area contributed by atoms with E-state index in [0.29, 0.717) is 12.8 Å². The van der Waals surface area contributed by atoms with Gasteiger partial charge < -0.3 is 14.2 Å². The number of allylic oxidation sites excluding steroid dienone is 1. The van der Waals surface area contributed by atoms with Crippen LogP contribution in [0.15, 0.2) is 22.8 Å². The first kappa shape index (κ1) is 18.2. The summed E-state index contributed by atoms with van der Waals surface area (Å²) in [6.45, 7) is 6.50. The summed E-state index contributed by atoms with van der Waals surface area (Å²) in [6, 6.07) is 0. The molecule has 0 aromatic carbocycles. The van der Waals surface area contributed by atoms with E-state index in [2.05, 4.69) is 20.8 Å². The largest absolute Gasteiger partial charge is 0.468 e. The Balaban J connectivity index is 2.11. The number of carbonyl (C=O) groups is 2. The number of ether oxygens (including phenoxy) is 3. The standard InChI is InChI=1S/C20H28O5/c1-19(2,3)16-13-9-10-20(17(21)23-4,18(22)24-5)11-14(13)12-7-6-8-15(12)25-16/h9,15-16H,6-8,10-11H2,1-5H3/t15-,16+/m0/s1. The van der Waals surface area contributed by atoms with Crippen LogP contribution in [0.3, 0.4) is 0 Å². The summed E-state index contributed by atoms with van der Waals surface area (Å²) < 4.78 is 16.4. The quantitative estimate of drug-likeness (QED) is 0.566. The minimum Gasteiger partial charge on any atom is -0.468 e. The van der Waals surface area contributed by atoms with Gasteiger partial charge in [-0.05, 0) is 54.2 Å². The van der Waals surface area contributed by atoms with Crippen molar-refractivity contribution in [2.45, 2.75) is 65.1 Å². The molecule has 0 amide bonds. The van der Waals surface area contributed by atoms with Crippen LogP contribution in [-0.4, -0.2) is 38.4 Å². The Labute approximate surface area is 149 Å². The Kier molecular flexibility index (Phi) is 4.56. The van der Waals surface area contributed by atoms with Gasteiger partial charge in [-0.3, -0.25) is 9.59 Å². The average molecular weight is 348 g/mol. The van der Waals surface area contributed by atoms with E-state index in [1.807, 2.05) is 6.08 Å². The summed E-state index contributed by atoms with van der Waals surface area (Å²) in [5, 5.41) is 0. The predicted octanol–water partition coefficient (Wildman–Crippen LogP) is 3.33. The Hall–Kier alpha value is -1.62. The maximum atomic E-state index is 12.5. The van der Waals surface area contributed by atoms with Gasteiger partial charge >= 0.3 is 11.9 Å². The molecule has 0 unspecified atom stereocenters. The van der Waals surface area contributed by atoms with Crippen molar-refractivity contribution in [3.05, 3.63) is 22.8 Å². The fourth-order valence-electron chi connectivity index (χ4n) is 4.45. The van der Waals surface area contributed by atoms with Crippen molar-refractivity contribution >= 4 is 11.9 Å². The molecule has 1 heterocycles. The first-order valence-electron chi connectivity index (χ1n) is 8.99. The predicted molar refractivity (Wildman–Crippen MR) is 92.8 cm³/mol. The zero-order valence-electron chi connectivity index (χ0n) is 15.8. The SMILES string of the molecule is COC(=O)C1(C(=O)OC)CC=C2C(=C3CCC[C@@H]3O[C@H]2C(C)(C)C)C1. The lowest BCUT2D eigenvalue weighted by Crippen LogP contribution is -2.47. The van der Waals surface area contributed by atoms with E-state index in [4.69, 9.17) is 14.2 Å². The third-order valence-electron chi connectivity index (χ3n) is 5.71. The first-order valence-corrected chi connectivity index (χ1v) is 8.99. The molecule has 2 atom stereocenters. The van der Waals surface area contributed by atoms with Gasteiger partial charge in [-0.2, -0.15) is 0 Å². The molecule has 1 saturated carbocycles. The average Bonchev–Trinajstić information content (AvgIpc) is 3.07. The van der Waals surface area contributed by atoms with Crippen LogP contribution in [-0.2, 0) is 23.8 Å². The van der Waals surface area contributed by atoms with Crippen molar-refractivity contribution < 1.29 is 23.8 Å². The van der Waals surface area contributed by atoms with Crippen LogP contribution in [0.25, 0.3) is 0 Å². The minimum absolute atomic E-state index is 0.0253. The molecule has 3 rings (SSSR count). The number of hydrogen-bond acceptors (Lipinski definition) is 5. The van der Waals surface area contributed by atoms with Gasteiger partial charge in [0.15, 0.2) is 5.41 Å². The van der Waals surface area contributed by atoms with E-state index >= 15 is 0 Å². The molecular formula is C20H28O5. The van der Waals surface area contributed by atoms with Crippen LogP contribution in [0.5, 0.6) is 0 Å². The maximum absolute atomic E-state index is 12.5. The monoisotopic (exact) mass is 348 g/mol. The zero-order valence-corrected chi connectivity index (χ0v) is 15.8. The van der Waals surface area contributed by atoms with Crippen LogP contribution in [0.1, 0.15) is 52.9 Å². The summed E-state index contributed by atoms with van der Waals surface area (Å²) in [5.74, 6) is -1.04. The molecule has 0 N–H and O–H groups in total. The Morgan fingerprint density at radius 1 is 1.20 bits per heavy atom. The second-order valence-corrected chi connectivity index (χ2v) is 8.37. The molecule has 0 aromatic heterocycles. The summed E-state index contributed by atoms with van der Waals surface area (Å²) in [5.41, 5.74) is 2.19. The topological polar surface area (TPSA) is 61.8 Å². The molecule has 0 aromatic rings. The highest BCUT2D eigenvalue weighted by molar-refractivity contribution is 6.01. The Morgan fingerprint density at radius 3 is 2.40 bits per heavy atom. The van der Waals surface area contributed by atoms with Crippen LogP contribution >= 0.6 is 0 Å². The molecule has 0 radical (unpaired) electrons. The van der Waals surface area contributed by atoms with Gasteiger partial charge in [0, 0.05) is 0 Å². The number of esters is 2. The summed E-state index contributed by atoms with van der Waals surface area (Å²) in [6.07, 6.45) is 5.76. The van der Waals surface area contributed by atoms with Crippen molar-refractivity contribution in [2.24, 2.45) is 10.8 Å². The minimum atomic E-state index is -1.28. The van der Waals surface area contributed by atoms with Crippen molar-refractivity contribution in [1.29, 1.82) is 0 Å². The zero-order chi connectivity index (χ0) is 18.4. The number of fused-ring (bicyclic) bond motifs is 2. The molecule has 25 heavy (non-hydrogen) atoms. The van der Waals surface area contributed by atoms with E-state index in [0.717, 1.165) is 30.4 Å². The van der Waals surface area contributed by atoms with Crippen molar-refractivity contribution in [2.75, 3.05) is 14.2 Å².